The van der Waals surface area contributed by atoms with E-state index in [0.29, 0.717) is 11.1 Å². The fourth-order valence-electron chi connectivity index (χ4n) is 2.28. The second-order valence-corrected chi connectivity index (χ2v) is 5.93. The van der Waals surface area contributed by atoms with Crippen LogP contribution in [0.15, 0.2) is 4.90 Å². The minimum Gasteiger partial charge on any atom is -0.504 e. The lowest BCUT2D eigenvalue weighted by Gasteiger charge is -2.22. The molecule has 1 aromatic rings. The quantitative estimate of drug-likeness (QED) is 0.812. The SMILES string of the molecule is CCC(C)c1c(C)c(OC)c(S(=O)(=O)O)c(OC)c1O. The van der Waals surface area contributed by atoms with Gasteiger partial charge in [0.25, 0.3) is 0 Å². The lowest BCUT2D eigenvalue weighted by Crippen LogP contribution is -2.09. The van der Waals surface area contributed by atoms with Gasteiger partial charge >= 0.3 is 10.1 Å². The van der Waals surface area contributed by atoms with Crippen LogP contribution in [-0.4, -0.2) is 32.3 Å². The number of hydrogen-bond acceptors (Lipinski definition) is 5. The number of hydrogen-bond donors (Lipinski definition) is 2. The molecule has 0 saturated heterocycles. The molecule has 0 spiro atoms. The minimum absolute atomic E-state index is 0.0162. The zero-order chi connectivity index (χ0) is 15.7. The van der Waals surface area contributed by atoms with E-state index in [2.05, 4.69) is 0 Å². The maximum atomic E-state index is 11.5. The summed E-state index contributed by atoms with van der Waals surface area (Å²) in [7, 11) is -2.07. The predicted molar refractivity (Wildman–Crippen MR) is 74.5 cm³/mol. The molecule has 0 heterocycles. The highest BCUT2D eigenvalue weighted by Gasteiger charge is 2.31. The van der Waals surface area contributed by atoms with Crippen molar-refractivity contribution in [3.8, 4) is 17.2 Å². The summed E-state index contributed by atoms with van der Waals surface area (Å²) in [6.45, 7) is 5.47. The fourth-order valence-corrected chi connectivity index (χ4v) is 3.16. The van der Waals surface area contributed by atoms with Crippen molar-refractivity contribution in [1.82, 2.24) is 0 Å². The highest BCUT2D eigenvalue weighted by molar-refractivity contribution is 7.86. The third-order valence-electron chi connectivity index (χ3n) is 3.40. The van der Waals surface area contributed by atoms with Gasteiger partial charge in [-0.25, -0.2) is 0 Å². The van der Waals surface area contributed by atoms with Crippen molar-refractivity contribution in [2.24, 2.45) is 0 Å². The van der Waals surface area contributed by atoms with Gasteiger partial charge in [-0.15, -0.1) is 0 Å². The molecule has 20 heavy (non-hydrogen) atoms. The standard InChI is InChI=1S/C13H20O6S/c1-6-7(2)9-8(3)11(18-4)13(20(15,16)17)12(19-5)10(9)14/h7,14H,6H2,1-5H3,(H,15,16,17). The van der Waals surface area contributed by atoms with E-state index in [1.165, 1.54) is 14.2 Å². The van der Waals surface area contributed by atoms with Crippen LogP contribution < -0.4 is 9.47 Å². The van der Waals surface area contributed by atoms with Crippen LogP contribution in [-0.2, 0) is 10.1 Å². The summed E-state index contributed by atoms with van der Waals surface area (Å²) in [6.07, 6.45) is 0.742. The molecule has 0 fully saturated rings. The summed E-state index contributed by atoms with van der Waals surface area (Å²) >= 11 is 0. The van der Waals surface area contributed by atoms with E-state index in [1.54, 1.807) is 6.92 Å². The maximum Gasteiger partial charge on any atom is 0.302 e. The van der Waals surface area contributed by atoms with Crippen molar-refractivity contribution in [3.05, 3.63) is 11.1 Å². The lowest BCUT2D eigenvalue weighted by atomic mass is 9.92. The molecule has 0 aromatic heterocycles. The number of aromatic hydroxyl groups is 1. The molecule has 1 atom stereocenters. The Bertz CT molecular complexity index is 575. The number of phenolic OH excluding ortho intramolecular Hbond substituents is 1. The zero-order valence-corrected chi connectivity index (χ0v) is 13.0. The molecule has 114 valence electrons. The van der Waals surface area contributed by atoms with Crippen LogP contribution in [0.5, 0.6) is 17.2 Å². The zero-order valence-electron chi connectivity index (χ0n) is 12.2. The molecule has 0 radical (unpaired) electrons. The van der Waals surface area contributed by atoms with Crippen molar-refractivity contribution in [2.45, 2.75) is 38.0 Å². The molecule has 1 rings (SSSR count). The highest BCUT2D eigenvalue weighted by atomic mass is 32.2. The van der Waals surface area contributed by atoms with E-state index in [-0.39, 0.29) is 23.2 Å². The van der Waals surface area contributed by atoms with Crippen LogP contribution in [0.3, 0.4) is 0 Å². The summed E-state index contributed by atoms with van der Waals surface area (Å²) in [6, 6.07) is 0. The van der Waals surface area contributed by atoms with Crippen molar-refractivity contribution in [2.75, 3.05) is 14.2 Å². The monoisotopic (exact) mass is 304 g/mol. The first-order valence-corrected chi connectivity index (χ1v) is 7.59. The topological polar surface area (TPSA) is 93.1 Å². The Morgan fingerprint density at radius 2 is 1.70 bits per heavy atom. The predicted octanol–water partition coefficient (Wildman–Crippen LogP) is 2.48. The van der Waals surface area contributed by atoms with Gasteiger partial charge in [0.05, 0.1) is 14.2 Å². The molecule has 0 amide bonds. The summed E-state index contributed by atoms with van der Waals surface area (Å²) in [5.41, 5.74) is 1.02. The summed E-state index contributed by atoms with van der Waals surface area (Å²) in [4.78, 5) is -0.551. The van der Waals surface area contributed by atoms with Gasteiger partial charge < -0.3 is 14.6 Å². The first kappa shape index (κ1) is 16.6. The van der Waals surface area contributed by atoms with Gasteiger partial charge in [-0.05, 0) is 24.8 Å². The number of ether oxygens (including phenoxy) is 2. The van der Waals surface area contributed by atoms with Crippen LogP contribution in [0.2, 0.25) is 0 Å². The van der Waals surface area contributed by atoms with Crippen LogP contribution in [0.1, 0.15) is 37.3 Å². The van der Waals surface area contributed by atoms with Gasteiger partial charge in [-0.2, -0.15) is 8.42 Å². The molecule has 0 saturated carbocycles. The Labute approximate surface area is 119 Å². The fraction of sp³-hybridized carbons (Fsp3) is 0.538. The van der Waals surface area contributed by atoms with E-state index in [1.807, 2.05) is 13.8 Å². The first-order chi connectivity index (χ1) is 9.20. The van der Waals surface area contributed by atoms with E-state index < -0.39 is 15.0 Å². The second kappa shape index (κ2) is 5.88. The van der Waals surface area contributed by atoms with Crippen LogP contribution in [0, 0.1) is 6.92 Å². The molecule has 1 unspecified atom stereocenters. The van der Waals surface area contributed by atoms with Crippen molar-refractivity contribution in [3.63, 3.8) is 0 Å². The normalized spacial score (nSPS) is 13.1. The summed E-state index contributed by atoms with van der Waals surface area (Å²) < 4.78 is 42.5. The average molecular weight is 304 g/mol. The van der Waals surface area contributed by atoms with Crippen LogP contribution in [0.4, 0.5) is 0 Å². The lowest BCUT2D eigenvalue weighted by molar-refractivity contribution is 0.337. The number of benzene rings is 1. The number of rotatable bonds is 5. The third kappa shape index (κ3) is 2.69. The number of phenols is 1. The van der Waals surface area contributed by atoms with Crippen molar-refractivity contribution in [1.29, 1.82) is 0 Å². The van der Waals surface area contributed by atoms with Gasteiger partial charge in [0.1, 0.15) is 5.75 Å². The smallest absolute Gasteiger partial charge is 0.302 e. The summed E-state index contributed by atoms with van der Waals surface area (Å²) in [5.74, 6) is -0.622. The maximum absolute atomic E-state index is 11.5. The van der Waals surface area contributed by atoms with Crippen molar-refractivity contribution < 1.29 is 27.6 Å². The first-order valence-electron chi connectivity index (χ1n) is 6.15. The second-order valence-electron chi connectivity index (χ2n) is 4.57. The largest absolute Gasteiger partial charge is 0.504 e. The molecule has 7 heteroatoms. The molecule has 0 aliphatic heterocycles. The van der Waals surface area contributed by atoms with Gasteiger partial charge in [0, 0.05) is 5.56 Å². The van der Waals surface area contributed by atoms with E-state index >= 15 is 0 Å². The Morgan fingerprint density at radius 3 is 2.05 bits per heavy atom. The third-order valence-corrected chi connectivity index (χ3v) is 4.29. The molecule has 0 bridgehead atoms. The van der Waals surface area contributed by atoms with E-state index in [9.17, 15) is 18.1 Å². The van der Waals surface area contributed by atoms with Gasteiger partial charge in [0.2, 0.25) is 0 Å². The van der Waals surface area contributed by atoms with Gasteiger partial charge in [0.15, 0.2) is 16.4 Å². The van der Waals surface area contributed by atoms with Crippen LogP contribution >= 0.6 is 0 Å². The average Bonchev–Trinajstić information content (AvgIpc) is 2.36. The minimum atomic E-state index is -4.59. The molecule has 1 aromatic carbocycles. The Hall–Kier alpha value is -1.47. The highest BCUT2D eigenvalue weighted by Crippen LogP contribution is 2.48. The molecule has 0 aliphatic rings. The molecular weight excluding hydrogens is 284 g/mol. The molecule has 6 nitrogen and oxygen atoms in total. The van der Waals surface area contributed by atoms with Gasteiger partial charge in [-0.3, -0.25) is 4.55 Å². The molecule has 2 N–H and O–H groups in total. The van der Waals surface area contributed by atoms with Gasteiger partial charge in [-0.1, -0.05) is 13.8 Å². The molecular formula is C13H20O6S. The van der Waals surface area contributed by atoms with E-state index in [0.717, 1.165) is 6.42 Å². The Balaban J connectivity index is 3.91. The Morgan fingerprint density at radius 1 is 1.20 bits per heavy atom. The van der Waals surface area contributed by atoms with Crippen LogP contribution in [0.25, 0.3) is 0 Å². The number of methoxy groups -OCH3 is 2. The van der Waals surface area contributed by atoms with E-state index in [4.69, 9.17) is 9.47 Å². The summed E-state index contributed by atoms with van der Waals surface area (Å²) in [5, 5.41) is 10.3. The Kier molecular flexibility index (Phi) is 4.88. The van der Waals surface area contributed by atoms with Crippen molar-refractivity contribution >= 4 is 10.1 Å². The molecule has 0 aliphatic carbocycles.